The number of aromatic hydroxyl groups is 1. The van der Waals surface area contributed by atoms with Gasteiger partial charge in [-0.2, -0.15) is 0 Å². The number of alkyl halides is 4. The number of carbonyl (C=O) groups excluding carboxylic acids is 3. The Morgan fingerprint density at radius 3 is 1.84 bits per heavy atom. The molecule has 0 radical (unpaired) electrons. The van der Waals surface area contributed by atoms with Gasteiger partial charge in [-0.1, -0.05) is 185 Å². The van der Waals surface area contributed by atoms with Gasteiger partial charge in [-0.05, 0) is 109 Å². The van der Waals surface area contributed by atoms with E-state index in [2.05, 4.69) is 112 Å². The van der Waals surface area contributed by atoms with Crippen LogP contribution in [0.15, 0.2) is 135 Å². The van der Waals surface area contributed by atoms with E-state index >= 15 is 0 Å². The predicted molar refractivity (Wildman–Crippen MR) is 275 cm³/mol. The number of phenolic OH excluding ortho intramolecular Hbond substituents is 1. The summed E-state index contributed by atoms with van der Waals surface area (Å²) in [5, 5.41) is 11.8. The van der Waals surface area contributed by atoms with Crippen molar-refractivity contribution in [2.24, 2.45) is 0 Å². The van der Waals surface area contributed by atoms with Crippen LogP contribution in [0.5, 0.6) is 11.5 Å². The summed E-state index contributed by atoms with van der Waals surface area (Å²) in [6.45, 7) is 1.29. The quantitative estimate of drug-likeness (QED) is 0.0604. The minimum atomic E-state index is -0.589. The Labute approximate surface area is 422 Å². The number of hydrogen-bond acceptors (Lipinski definition) is 5. The van der Waals surface area contributed by atoms with Crippen LogP contribution < -0.4 is 14.5 Å². The van der Waals surface area contributed by atoms with Crippen LogP contribution in [-0.4, -0.2) is 45.9 Å². The van der Waals surface area contributed by atoms with Gasteiger partial charge in [-0.15, -0.1) is 0 Å². The molecule has 1 aliphatic rings. The van der Waals surface area contributed by atoms with Crippen molar-refractivity contribution in [1.82, 2.24) is 0 Å². The first-order valence-corrected chi connectivity index (χ1v) is 26.2. The van der Waals surface area contributed by atoms with Crippen LogP contribution in [0.25, 0.3) is 0 Å². The Morgan fingerprint density at radius 2 is 1.25 bits per heavy atom. The standard InChI is InChI=1S/C19H20Br3NO2.C19H19Br2NO2.C8H5Br2ClO/c20-11-4-1-5-12-23(16-9-2-3-10-17(16)24)19(25)18(22)14-7-6-8-15(21)13-14;20-11-4-1-5-12-22-16-9-2-3-10-17(16)24-18(19(22)23)14-7-6-8-15(21)13-14;9-6-3-1-2-5(4-6)7(10)8(11)12/h2-3,6-10,13,18,24H,1,4-5,11-12H2;2-3,6-10,13,18H,1,4-5,11-12H2;1-4,7H. The molecule has 1 aliphatic heterocycles. The molecule has 7 nitrogen and oxygen atoms in total. The fourth-order valence-corrected chi connectivity index (χ4v) is 9.18. The summed E-state index contributed by atoms with van der Waals surface area (Å²) in [5.41, 5.74) is 4.01. The molecule has 0 spiro atoms. The van der Waals surface area contributed by atoms with Crippen LogP contribution in [0.1, 0.15) is 71.0 Å². The molecule has 0 fully saturated rings. The minimum absolute atomic E-state index is 0.00522. The molecule has 3 unspecified atom stereocenters. The van der Waals surface area contributed by atoms with Crippen molar-refractivity contribution in [3.05, 3.63) is 151 Å². The van der Waals surface area contributed by atoms with Gasteiger partial charge in [0.2, 0.25) is 17.3 Å². The number of nitrogens with zero attached hydrogens (tertiary/aromatic N) is 2. The van der Waals surface area contributed by atoms with Gasteiger partial charge in [0, 0.05) is 42.7 Å². The van der Waals surface area contributed by atoms with Crippen molar-refractivity contribution >= 4 is 152 Å². The normalized spacial score (nSPS) is 13.9. The average molecular weight is 1300 g/mol. The summed E-state index contributed by atoms with van der Waals surface area (Å²) in [7, 11) is 0. The van der Waals surface area contributed by atoms with Gasteiger partial charge in [-0.25, -0.2) is 0 Å². The molecule has 0 aliphatic carbocycles. The third kappa shape index (κ3) is 16.2. The summed E-state index contributed by atoms with van der Waals surface area (Å²) in [6, 6.07) is 37.6. The lowest BCUT2D eigenvalue weighted by atomic mass is 10.0. The first-order chi connectivity index (χ1) is 29.4. The molecule has 3 atom stereocenters. The molecular weight excluding hydrogens is 1260 g/mol. The first-order valence-electron chi connectivity index (χ1n) is 19.4. The van der Waals surface area contributed by atoms with Gasteiger partial charge in [0.15, 0.2) is 0 Å². The van der Waals surface area contributed by atoms with Gasteiger partial charge >= 0.3 is 0 Å². The zero-order valence-corrected chi connectivity index (χ0v) is 44.7. The number of hydrogen-bond donors (Lipinski definition) is 1. The van der Waals surface area contributed by atoms with Crippen LogP contribution in [0.4, 0.5) is 11.4 Å². The molecule has 5 aromatic carbocycles. The van der Waals surface area contributed by atoms with Gasteiger partial charge in [0.05, 0.1) is 11.4 Å². The highest BCUT2D eigenvalue weighted by molar-refractivity contribution is 9.11. The number of phenols is 1. The topological polar surface area (TPSA) is 87.2 Å². The number of carbonyl (C=O) groups is 3. The van der Waals surface area contributed by atoms with E-state index in [9.17, 15) is 19.5 Å². The molecule has 0 aromatic heterocycles. The molecule has 0 saturated carbocycles. The number of amides is 2. The number of unbranched alkanes of at least 4 members (excludes halogenated alkanes) is 4. The van der Waals surface area contributed by atoms with Crippen LogP contribution in [0.3, 0.4) is 0 Å². The number of rotatable bonds is 16. The van der Waals surface area contributed by atoms with Crippen LogP contribution >= 0.6 is 123 Å². The van der Waals surface area contributed by atoms with Gasteiger partial charge in [0.1, 0.15) is 21.2 Å². The molecule has 61 heavy (non-hydrogen) atoms. The van der Waals surface area contributed by atoms with Gasteiger partial charge in [0.25, 0.3) is 5.91 Å². The molecular formula is C46H44Br7ClN2O5. The number of halogens is 8. The number of ether oxygens (including phenoxy) is 1. The molecule has 0 bridgehead atoms. The van der Waals surface area contributed by atoms with Gasteiger partial charge < -0.3 is 19.6 Å². The lowest BCUT2D eigenvalue weighted by Gasteiger charge is -2.34. The largest absolute Gasteiger partial charge is 0.506 e. The Bertz CT molecular complexity index is 2200. The first kappa shape index (κ1) is 51.6. The third-order valence-electron chi connectivity index (χ3n) is 9.21. The van der Waals surface area contributed by atoms with E-state index in [0.717, 1.165) is 97.3 Å². The highest BCUT2D eigenvalue weighted by atomic mass is 79.9. The molecule has 2 amide bonds. The highest BCUT2D eigenvalue weighted by Gasteiger charge is 2.35. The minimum Gasteiger partial charge on any atom is -0.506 e. The molecule has 6 rings (SSSR count). The number of benzene rings is 5. The zero-order valence-electron chi connectivity index (χ0n) is 32.8. The number of anilines is 2. The summed E-state index contributed by atoms with van der Waals surface area (Å²) in [6.07, 6.45) is 5.57. The summed E-state index contributed by atoms with van der Waals surface area (Å²) in [5.74, 6) is 0.803. The fraction of sp³-hybridized carbons (Fsp3) is 0.283. The van der Waals surface area contributed by atoms with E-state index in [-0.39, 0.29) is 17.6 Å². The number of fused-ring (bicyclic) bond motifs is 1. The van der Waals surface area contributed by atoms with Crippen LogP contribution in [0.2, 0.25) is 0 Å². The highest BCUT2D eigenvalue weighted by Crippen LogP contribution is 2.39. The molecule has 324 valence electrons. The van der Waals surface area contributed by atoms with Crippen molar-refractivity contribution in [3.8, 4) is 11.5 Å². The molecule has 0 saturated heterocycles. The maximum Gasteiger partial charge on any atom is 0.272 e. The second-order valence-corrected chi connectivity index (χ2v) is 20.2. The summed E-state index contributed by atoms with van der Waals surface area (Å²) < 4.78 is 8.82. The fourth-order valence-electron chi connectivity index (χ4n) is 6.19. The van der Waals surface area contributed by atoms with Crippen LogP contribution in [0, 0.1) is 0 Å². The lowest BCUT2D eigenvalue weighted by Crippen LogP contribution is -2.41. The maximum atomic E-state index is 13.1. The molecule has 1 N–H and O–H groups in total. The third-order valence-corrected chi connectivity index (χ3v) is 14.2. The Morgan fingerprint density at radius 1 is 0.689 bits per heavy atom. The Balaban J connectivity index is 0.000000214. The van der Waals surface area contributed by atoms with E-state index in [1.54, 1.807) is 23.1 Å². The smallest absolute Gasteiger partial charge is 0.272 e. The second-order valence-electron chi connectivity index (χ2n) is 13.6. The summed E-state index contributed by atoms with van der Waals surface area (Å²) in [4.78, 5) is 39.6. The lowest BCUT2D eigenvalue weighted by molar-refractivity contribution is -0.126. The maximum absolute atomic E-state index is 13.1. The predicted octanol–water partition coefficient (Wildman–Crippen LogP) is 15.3. The molecule has 15 heteroatoms. The van der Waals surface area contributed by atoms with Gasteiger partial charge in [-0.3, -0.25) is 14.4 Å². The zero-order chi connectivity index (χ0) is 44.3. The summed E-state index contributed by atoms with van der Waals surface area (Å²) >= 11 is 29.1. The van der Waals surface area contributed by atoms with E-state index in [1.165, 1.54) is 0 Å². The van der Waals surface area contributed by atoms with Crippen LogP contribution in [-0.2, 0) is 14.4 Å². The van der Waals surface area contributed by atoms with Crippen molar-refractivity contribution in [3.63, 3.8) is 0 Å². The van der Waals surface area contributed by atoms with E-state index in [0.29, 0.717) is 12.2 Å². The molecule has 1 heterocycles. The average Bonchev–Trinajstić information content (AvgIpc) is 3.25. The van der Waals surface area contributed by atoms with E-state index in [1.807, 2.05) is 108 Å². The van der Waals surface area contributed by atoms with Crippen molar-refractivity contribution in [1.29, 1.82) is 0 Å². The van der Waals surface area contributed by atoms with Crippen molar-refractivity contribution in [2.45, 2.75) is 54.3 Å². The Kier molecular flexibility index (Phi) is 23.1. The van der Waals surface area contributed by atoms with E-state index < -0.39 is 21.0 Å². The number of para-hydroxylation sites is 4. The van der Waals surface area contributed by atoms with E-state index in [4.69, 9.17) is 16.3 Å². The second kappa shape index (κ2) is 27.3. The van der Waals surface area contributed by atoms with Crippen molar-refractivity contribution in [2.75, 3.05) is 33.5 Å². The molecule has 5 aromatic rings. The monoisotopic (exact) mass is 1290 g/mol. The SMILES string of the molecule is O=C(C(Br)c1cccc(Br)c1)N(CCCCCBr)c1ccccc1O.O=C(Cl)C(Br)c1cccc(Br)c1.O=C1C(c2cccc(Br)c2)Oc2ccccc2N1CCCCCBr. The van der Waals surface area contributed by atoms with Crippen molar-refractivity contribution < 1.29 is 24.2 Å². The Hall–Kier alpha value is -2.04.